The van der Waals surface area contributed by atoms with E-state index in [2.05, 4.69) is 15.5 Å². The second kappa shape index (κ2) is 5.43. The summed E-state index contributed by atoms with van der Waals surface area (Å²) in [4.78, 5) is 16.9. The van der Waals surface area contributed by atoms with Crippen molar-refractivity contribution in [1.82, 2.24) is 15.5 Å². The number of hydrogen-bond donors (Lipinski definition) is 2. The zero-order valence-corrected chi connectivity index (χ0v) is 13.7. The van der Waals surface area contributed by atoms with Crippen molar-refractivity contribution in [2.45, 2.75) is 43.9 Å². The van der Waals surface area contributed by atoms with Crippen LogP contribution >= 0.6 is 0 Å². The third-order valence-electron chi connectivity index (χ3n) is 6.07. The van der Waals surface area contributed by atoms with E-state index in [1.165, 1.54) is 0 Å². The minimum atomic E-state index is -0.352. The van der Waals surface area contributed by atoms with Crippen LogP contribution in [0.2, 0.25) is 0 Å². The number of carbonyl (C=O) groups is 1. The molecule has 24 heavy (non-hydrogen) atoms. The number of piperazine rings is 1. The first-order valence-electron chi connectivity index (χ1n) is 9.05. The number of benzene rings is 1. The quantitative estimate of drug-likeness (QED) is 0.852. The Morgan fingerprint density at radius 1 is 1.17 bits per heavy atom. The molecule has 0 aromatic heterocycles. The number of halogens is 1. The normalized spacial score (nSPS) is 31.9. The highest BCUT2D eigenvalue weighted by atomic mass is 19.1. The van der Waals surface area contributed by atoms with Crippen LogP contribution in [0.3, 0.4) is 0 Å². The third kappa shape index (κ3) is 2.16. The summed E-state index contributed by atoms with van der Waals surface area (Å²) >= 11 is 0. The second-order valence-corrected chi connectivity index (χ2v) is 7.54. The molecule has 3 atom stereocenters. The molecule has 2 bridgehead atoms. The van der Waals surface area contributed by atoms with E-state index in [0.717, 1.165) is 56.7 Å². The van der Waals surface area contributed by atoms with Crippen LogP contribution in [0.25, 0.3) is 0 Å². The topological polar surface area (TPSA) is 47.6 Å². The summed E-state index contributed by atoms with van der Waals surface area (Å²) in [5, 5.41) is 6.82. The van der Waals surface area contributed by atoms with Crippen molar-refractivity contribution in [3.63, 3.8) is 0 Å². The van der Waals surface area contributed by atoms with Crippen molar-refractivity contribution >= 4 is 11.6 Å². The van der Waals surface area contributed by atoms with Crippen LogP contribution in [0.1, 0.15) is 35.2 Å². The maximum absolute atomic E-state index is 14.7. The molecule has 3 saturated heterocycles. The minimum Gasteiger partial charge on any atom is -0.366 e. The average Bonchev–Trinajstić information content (AvgIpc) is 3.30. The van der Waals surface area contributed by atoms with Gasteiger partial charge in [0.2, 0.25) is 0 Å². The number of fused-ring (bicyclic) bond motifs is 3. The summed E-state index contributed by atoms with van der Waals surface area (Å²) < 4.78 is 14.7. The predicted molar refractivity (Wildman–Crippen MR) is 89.7 cm³/mol. The summed E-state index contributed by atoms with van der Waals surface area (Å²) in [6, 6.07) is 4.79. The molecule has 5 nitrogen and oxygen atoms in total. The van der Waals surface area contributed by atoms with Gasteiger partial charge in [-0.1, -0.05) is 0 Å². The van der Waals surface area contributed by atoms with Gasteiger partial charge >= 0.3 is 0 Å². The molecule has 3 fully saturated rings. The minimum absolute atomic E-state index is 0.132. The highest BCUT2D eigenvalue weighted by Crippen LogP contribution is 2.35. The van der Waals surface area contributed by atoms with Gasteiger partial charge in [-0.05, 0) is 43.5 Å². The Hall–Kier alpha value is -1.66. The molecule has 0 aliphatic carbocycles. The highest BCUT2D eigenvalue weighted by molar-refractivity contribution is 5.99. The van der Waals surface area contributed by atoms with E-state index in [4.69, 9.17) is 0 Å². The van der Waals surface area contributed by atoms with Gasteiger partial charge in [-0.2, -0.15) is 0 Å². The van der Waals surface area contributed by atoms with Gasteiger partial charge in [0, 0.05) is 50.0 Å². The SMILES string of the molecule is O=C1c2c(F)cc(N3CC4CC3CN4)cc2CN1C1CCCNC1. The lowest BCUT2D eigenvalue weighted by Crippen LogP contribution is -2.46. The zero-order valence-electron chi connectivity index (χ0n) is 13.7. The molecule has 128 valence electrons. The Morgan fingerprint density at radius 2 is 2.08 bits per heavy atom. The monoisotopic (exact) mass is 330 g/mol. The lowest BCUT2D eigenvalue weighted by atomic mass is 10.1. The van der Waals surface area contributed by atoms with E-state index in [1.807, 2.05) is 11.0 Å². The van der Waals surface area contributed by atoms with Gasteiger partial charge in [-0.15, -0.1) is 0 Å². The second-order valence-electron chi connectivity index (χ2n) is 7.54. The molecule has 6 heteroatoms. The van der Waals surface area contributed by atoms with Crippen LogP contribution < -0.4 is 15.5 Å². The van der Waals surface area contributed by atoms with Gasteiger partial charge < -0.3 is 20.4 Å². The molecular weight excluding hydrogens is 307 g/mol. The molecule has 0 radical (unpaired) electrons. The standard InChI is InChI=1S/C18H23FN4O/c19-16-6-14(22-10-12-5-15(22)8-21-12)4-11-9-23(18(24)17(11)16)13-2-1-3-20-7-13/h4,6,12-13,15,20-21H,1-3,5,7-10H2. The highest BCUT2D eigenvalue weighted by Gasteiger charge is 2.40. The van der Waals surface area contributed by atoms with E-state index in [1.54, 1.807) is 6.07 Å². The van der Waals surface area contributed by atoms with Crippen molar-refractivity contribution < 1.29 is 9.18 Å². The number of anilines is 1. The van der Waals surface area contributed by atoms with Crippen LogP contribution in [-0.2, 0) is 6.54 Å². The predicted octanol–water partition coefficient (Wildman–Crippen LogP) is 1.08. The number of nitrogens with zero attached hydrogens (tertiary/aromatic N) is 2. The fourth-order valence-corrected chi connectivity index (χ4v) is 4.85. The van der Waals surface area contributed by atoms with Crippen LogP contribution in [0.4, 0.5) is 10.1 Å². The van der Waals surface area contributed by atoms with Gasteiger partial charge in [0.05, 0.1) is 5.56 Å². The molecule has 4 heterocycles. The maximum Gasteiger partial charge on any atom is 0.257 e. The van der Waals surface area contributed by atoms with E-state index in [0.29, 0.717) is 24.2 Å². The van der Waals surface area contributed by atoms with E-state index < -0.39 is 0 Å². The third-order valence-corrected chi connectivity index (χ3v) is 6.07. The van der Waals surface area contributed by atoms with Crippen molar-refractivity contribution in [3.8, 4) is 0 Å². The van der Waals surface area contributed by atoms with E-state index in [-0.39, 0.29) is 17.8 Å². The summed E-state index contributed by atoms with van der Waals surface area (Å²) in [5.74, 6) is -0.484. The van der Waals surface area contributed by atoms with Crippen LogP contribution in [0, 0.1) is 5.82 Å². The molecule has 3 unspecified atom stereocenters. The Labute approximate surface area is 141 Å². The maximum atomic E-state index is 14.7. The summed E-state index contributed by atoms with van der Waals surface area (Å²) in [7, 11) is 0. The van der Waals surface area contributed by atoms with Crippen molar-refractivity contribution in [1.29, 1.82) is 0 Å². The molecule has 5 rings (SSSR count). The summed E-state index contributed by atoms with van der Waals surface area (Å²) in [6.07, 6.45) is 3.21. The average molecular weight is 330 g/mol. The Balaban J connectivity index is 1.44. The molecular formula is C18H23FN4O. The van der Waals surface area contributed by atoms with Gasteiger partial charge in [-0.25, -0.2) is 4.39 Å². The van der Waals surface area contributed by atoms with Crippen molar-refractivity contribution in [2.24, 2.45) is 0 Å². The first-order chi connectivity index (χ1) is 11.7. The van der Waals surface area contributed by atoms with Crippen LogP contribution in [0.5, 0.6) is 0 Å². The number of piperidine rings is 1. The smallest absolute Gasteiger partial charge is 0.257 e. The first-order valence-corrected chi connectivity index (χ1v) is 9.05. The van der Waals surface area contributed by atoms with Gasteiger partial charge in [-0.3, -0.25) is 4.79 Å². The largest absolute Gasteiger partial charge is 0.366 e. The fourth-order valence-electron chi connectivity index (χ4n) is 4.85. The summed E-state index contributed by atoms with van der Waals surface area (Å²) in [6.45, 7) is 4.28. The number of rotatable bonds is 2. The van der Waals surface area contributed by atoms with Gasteiger partial charge in [0.1, 0.15) is 5.82 Å². The molecule has 0 spiro atoms. The van der Waals surface area contributed by atoms with Gasteiger partial charge in [0.15, 0.2) is 0 Å². The number of amides is 1. The van der Waals surface area contributed by atoms with E-state index in [9.17, 15) is 9.18 Å². The lowest BCUT2D eigenvalue weighted by molar-refractivity contribution is 0.0671. The molecule has 2 N–H and O–H groups in total. The summed E-state index contributed by atoms with van der Waals surface area (Å²) in [5.41, 5.74) is 2.10. The number of hydrogen-bond acceptors (Lipinski definition) is 4. The molecule has 1 aromatic rings. The molecule has 4 aliphatic rings. The number of nitrogens with one attached hydrogen (secondary N) is 2. The lowest BCUT2D eigenvalue weighted by Gasteiger charge is -2.31. The number of carbonyl (C=O) groups excluding carboxylic acids is 1. The molecule has 0 saturated carbocycles. The van der Waals surface area contributed by atoms with E-state index >= 15 is 0 Å². The Morgan fingerprint density at radius 3 is 2.79 bits per heavy atom. The van der Waals surface area contributed by atoms with Gasteiger partial charge in [0.25, 0.3) is 5.91 Å². The molecule has 4 aliphatic heterocycles. The fraction of sp³-hybridized carbons (Fsp3) is 0.611. The molecule has 1 aromatic carbocycles. The van der Waals surface area contributed by atoms with Crippen molar-refractivity contribution in [3.05, 3.63) is 29.1 Å². The Kier molecular flexibility index (Phi) is 3.31. The Bertz CT molecular complexity index is 688. The zero-order chi connectivity index (χ0) is 16.3. The molecule has 1 amide bonds. The van der Waals surface area contributed by atoms with Crippen LogP contribution in [0.15, 0.2) is 12.1 Å². The van der Waals surface area contributed by atoms with Crippen LogP contribution in [-0.4, -0.2) is 55.1 Å². The van der Waals surface area contributed by atoms with Crippen molar-refractivity contribution in [2.75, 3.05) is 31.1 Å². The first kappa shape index (κ1) is 14.7.